The minimum atomic E-state index is 0.262. The van der Waals surface area contributed by atoms with Gasteiger partial charge in [-0.2, -0.15) is 0 Å². The Kier molecular flexibility index (Phi) is 4.65. The number of fused-ring (bicyclic) bond motifs is 2. The fraction of sp³-hybridized carbons (Fsp3) is 0.348. The molecule has 2 N–H and O–H groups in total. The number of rotatable bonds is 2. The van der Waals surface area contributed by atoms with Crippen LogP contribution in [0.15, 0.2) is 53.4 Å². The van der Waals surface area contributed by atoms with E-state index in [2.05, 4.69) is 65.3 Å². The van der Waals surface area contributed by atoms with Crippen LogP contribution in [0.3, 0.4) is 0 Å². The molecule has 1 unspecified atom stereocenters. The topological polar surface area (TPSA) is 45.4 Å². The highest BCUT2D eigenvalue weighted by Crippen LogP contribution is 2.35. The number of para-hydroxylation sites is 1. The molecule has 5 rings (SSSR count). The molecule has 2 aliphatic heterocycles. The summed E-state index contributed by atoms with van der Waals surface area (Å²) in [6.07, 6.45) is 1.05. The molecule has 0 aliphatic carbocycles. The average molecular weight is 391 g/mol. The molecule has 0 bridgehead atoms. The van der Waals surface area contributed by atoms with Gasteiger partial charge in [0.05, 0.1) is 5.52 Å². The van der Waals surface area contributed by atoms with Crippen LogP contribution < -0.4 is 15.5 Å². The third-order valence-electron chi connectivity index (χ3n) is 5.85. The van der Waals surface area contributed by atoms with E-state index < -0.39 is 0 Å². The number of benzene rings is 2. The molecule has 4 nitrogen and oxygen atoms in total. The van der Waals surface area contributed by atoms with Crippen LogP contribution in [0.5, 0.6) is 0 Å². The monoisotopic (exact) mass is 390 g/mol. The summed E-state index contributed by atoms with van der Waals surface area (Å²) >= 11 is 1.95. The van der Waals surface area contributed by atoms with E-state index in [4.69, 9.17) is 10.7 Å². The van der Waals surface area contributed by atoms with E-state index in [1.807, 2.05) is 11.8 Å². The SMILES string of the molecule is Cc1cccc2c(N3CCC(N)C3)cc(N3CCSc4ccccc4C3)nc12. The van der Waals surface area contributed by atoms with Gasteiger partial charge in [-0.05, 0) is 30.5 Å². The molecular weight excluding hydrogens is 364 g/mol. The van der Waals surface area contributed by atoms with Crippen molar-refractivity contribution >= 4 is 34.2 Å². The second kappa shape index (κ2) is 7.30. The first-order chi connectivity index (χ1) is 13.7. The van der Waals surface area contributed by atoms with Crippen molar-refractivity contribution in [2.45, 2.75) is 30.8 Å². The predicted molar refractivity (Wildman–Crippen MR) is 120 cm³/mol. The molecule has 2 aliphatic rings. The Bertz CT molecular complexity index is 1020. The van der Waals surface area contributed by atoms with Crippen LogP contribution in [-0.2, 0) is 6.54 Å². The molecule has 1 aromatic heterocycles. The molecule has 144 valence electrons. The molecule has 28 heavy (non-hydrogen) atoms. The van der Waals surface area contributed by atoms with E-state index in [-0.39, 0.29) is 6.04 Å². The summed E-state index contributed by atoms with van der Waals surface area (Å²) in [6, 6.07) is 17.8. The number of thioether (sulfide) groups is 1. The van der Waals surface area contributed by atoms with E-state index in [0.29, 0.717) is 0 Å². The number of aromatic nitrogens is 1. The van der Waals surface area contributed by atoms with Gasteiger partial charge >= 0.3 is 0 Å². The molecule has 0 saturated carbocycles. The van der Waals surface area contributed by atoms with Crippen molar-refractivity contribution in [3.63, 3.8) is 0 Å². The van der Waals surface area contributed by atoms with Gasteiger partial charge in [0.1, 0.15) is 5.82 Å². The van der Waals surface area contributed by atoms with E-state index in [0.717, 1.165) is 49.7 Å². The van der Waals surface area contributed by atoms with E-state index >= 15 is 0 Å². The highest BCUT2D eigenvalue weighted by Gasteiger charge is 2.24. The number of nitrogens with two attached hydrogens (primary N) is 1. The smallest absolute Gasteiger partial charge is 0.131 e. The van der Waals surface area contributed by atoms with Crippen LogP contribution in [0.1, 0.15) is 17.5 Å². The quantitative estimate of drug-likeness (QED) is 0.711. The van der Waals surface area contributed by atoms with Crippen LogP contribution >= 0.6 is 11.8 Å². The second-order valence-electron chi connectivity index (χ2n) is 7.84. The standard InChI is InChI=1S/C23H26N4S/c1-16-5-4-7-19-20(26-10-9-18(24)15-26)13-22(25-23(16)19)27-11-12-28-21-8-3-2-6-17(21)14-27/h2-8,13,18H,9-12,14-15,24H2,1H3. The largest absolute Gasteiger partial charge is 0.369 e. The first kappa shape index (κ1) is 17.8. The number of pyridine rings is 1. The minimum Gasteiger partial charge on any atom is -0.369 e. The Morgan fingerprint density at radius 2 is 1.96 bits per heavy atom. The lowest BCUT2D eigenvalue weighted by Crippen LogP contribution is -2.28. The number of anilines is 2. The molecule has 1 saturated heterocycles. The second-order valence-corrected chi connectivity index (χ2v) is 8.98. The summed E-state index contributed by atoms with van der Waals surface area (Å²) in [4.78, 5) is 11.4. The Morgan fingerprint density at radius 1 is 1.07 bits per heavy atom. The molecular formula is C23H26N4S. The number of hydrogen-bond donors (Lipinski definition) is 1. The van der Waals surface area contributed by atoms with Gasteiger partial charge in [-0.15, -0.1) is 11.8 Å². The van der Waals surface area contributed by atoms with Crippen molar-refractivity contribution in [3.05, 3.63) is 59.7 Å². The molecule has 3 heterocycles. The third kappa shape index (κ3) is 3.23. The summed E-state index contributed by atoms with van der Waals surface area (Å²) in [5.41, 5.74) is 11.2. The number of aryl methyl sites for hydroxylation is 1. The number of nitrogens with zero attached hydrogens (tertiary/aromatic N) is 3. The molecule has 1 atom stereocenters. The fourth-order valence-electron chi connectivity index (χ4n) is 4.31. The molecule has 0 amide bonds. The summed E-state index contributed by atoms with van der Waals surface area (Å²) in [5, 5.41) is 1.24. The first-order valence-electron chi connectivity index (χ1n) is 10.1. The van der Waals surface area contributed by atoms with Crippen LogP contribution in [0, 0.1) is 6.92 Å². The van der Waals surface area contributed by atoms with Gasteiger partial charge in [-0.3, -0.25) is 0 Å². The van der Waals surface area contributed by atoms with Crippen LogP contribution in [-0.4, -0.2) is 36.4 Å². The fourth-order valence-corrected chi connectivity index (χ4v) is 5.34. The zero-order valence-electron chi connectivity index (χ0n) is 16.3. The molecule has 2 aromatic carbocycles. The lowest BCUT2D eigenvalue weighted by Gasteiger charge is -2.26. The normalized spacial score (nSPS) is 19.7. The predicted octanol–water partition coefficient (Wildman–Crippen LogP) is 4.19. The third-order valence-corrected chi connectivity index (χ3v) is 6.94. The molecule has 3 aromatic rings. The van der Waals surface area contributed by atoms with Gasteiger partial charge in [0, 0.05) is 60.0 Å². The highest BCUT2D eigenvalue weighted by molar-refractivity contribution is 7.99. The van der Waals surface area contributed by atoms with Gasteiger partial charge in [-0.25, -0.2) is 4.98 Å². The van der Waals surface area contributed by atoms with Gasteiger partial charge < -0.3 is 15.5 Å². The zero-order valence-corrected chi connectivity index (χ0v) is 17.1. The lowest BCUT2D eigenvalue weighted by atomic mass is 10.1. The van der Waals surface area contributed by atoms with Gasteiger partial charge in [0.15, 0.2) is 0 Å². The number of hydrogen-bond acceptors (Lipinski definition) is 5. The van der Waals surface area contributed by atoms with E-state index in [1.165, 1.54) is 27.1 Å². The molecule has 0 radical (unpaired) electrons. The Labute approximate surface area is 170 Å². The van der Waals surface area contributed by atoms with E-state index in [9.17, 15) is 0 Å². The molecule has 0 spiro atoms. The summed E-state index contributed by atoms with van der Waals surface area (Å²) in [7, 11) is 0. The van der Waals surface area contributed by atoms with Crippen molar-refractivity contribution in [3.8, 4) is 0 Å². The summed E-state index contributed by atoms with van der Waals surface area (Å²) in [5.74, 6) is 2.16. The Morgan fingerprint density at radius 3 is 2.82 bits per heavy atom. The van der Waals surface area contributed by atoms with Gasteiger partial charge in [-0.1, -0.05) is 36.4 Å². The lowest BCUT2D eigenvalue weighted by molar-refractivity contribution is 0.752. The maximum atomic E-state index is 6.22. The maximum Gasteiger partial charge on any atom is 0.131 e. The molecule has 1 fully saturated rings. The first-order valence-corrected chi connectivity index (χ1v) is 11.0. The average Bonchev–Trinajstić information content (AvgIpc) is 3.02. The summed E-state index contributed by atoms with van der Waals surface area (Å²) < 4.78 is 0. The van der Waals surface area contributed by atoms with Gasteiger partial charge in [0.25, 0.3) is 0 Å². The van der Waals surface area contributed by atoms with E-state index in [1.54, 1.807) is 0 Å². The summed E-state index contributed by atoms with van der Waals surface area (Å²) in [6.45, 7) is 6.01. The van der Waals surface area contributed by atoms with Crippen LogP contribution in [0.4, 0.5) is 11.5 Å². The molecule has 5 heteroatoms. The van der Waals surface area contributed by atoms with Crippen LogP contribution in [0.25, 0.3) is 10.9 Å². The minimum absolute atomic E-state index is 0.262. The van der Waals surface area contributed by atoms with Crippen molar-refractivity contribution in [1.29, 1.82) is 0 Å². The van der Waals surface area contributed by atoms with Crippen molar-refractivity contribution in [1.82, 2.24) is 4.98 Å². The zero-order chi connectivity index (χ0) is 19.1. The van der Waals surface area contributed by atoms with Gasteiger partial charge in [0.2, 0.25) is 0 Å². The Hall–Kier alpha value is -2.24. The van der Waals surface area contributed by atoms with Crippen molar-refractivity contribution < 1.29 is 0 Å². The van der Waals surface area contributed by atoms with Crippen molar-refractivity contribution in [2.24, 2.45) is 5.73 Å². The van der Waals surface area contributed by atoms with Crippen LogP contribution in [0.2, 0.25) is 0 Å². The Balaban J connectivity index is 1.61. The highest BCUT2D eigenvalue weighted by atomic mass is 32.2. The maximum absolute atomic E-state index is 6.22. The van der Waals surface area contributed by atoms with Crippen molar-refractivity contribution in [2.75, 3.05) is 35.2 Å².